The average molecular weight is 501 g/mol. The lowest BCUT2D eigenvalue weighted by molar-refractivity contribution is -0.184. The number of nitrogens with one attached hydrogen (secondary N) is 2. The molecule has 4 N–H and O–H groups in total. The summed E-state index contributed by atoms with van der Waals surface area (Å²) in [4.78, 5) is 30.2. The molecule has 0 aliphatic carbocycles. The van der Waals surface area contributed by atoms with Crippen LogP contribution in [0.3, 0.4) is 0 Å². The molecule has 1 aromatic heterocycles. The van der Waals surface area contributed by atoms with E-state index in [2.05, 4.69) is 17.4 Å². The van der Waals surface area contributed by atoms with E-state index in [1.165, 1.54) is 5.56 Å². The van der Waals surface area contributed by atoms with E-state index in [1.807, 2.05) is 10.2 Å². The predicted octanol–water partition coefficient (Wildman–Crippen LogP) is 2.08. The molecule has 1 atom stereocenters. The number of carboxylic acid groups (broad SMARTS) is 1. The van der Waals surface area contributed by atoms with Gasteiger partial charge >= 0.3 is 11.9 Å². The smallest absolute Gasteiger partial charge is 0.351 e. The molecule has 0 saturated heterocycles. The van der Waals surface area contributed by atoms with Gasteiger partial charge in [-0.15, -0.1) is 0 Å². The number of aliphatic carboxylic acids is 1. The molecule has 2 heterocycles. The van der Waals surface area contributed by atoms with E-state index in [0.29, 0.717) is 19.7 Å². The first-order chi connectivity index (χ1) is 16.5. The van der Waals surface area contributed by atoms with Crippen LogP contribution >= 0.6 is 0 Å². The number of halogens is 2. The number of hydrogen-bond donors (Lipinski definition) is 4. The quantitative estimate of drug-likeness (QED) is 0.270. The van der Waals surface area contributed by atoms with Crippen LogP contribution in [0.25, 0.3) is 0 Å². The molecule has 1 amide bonds. The van der Waals surface area contributed by atoms with Gasteiger partial charge < -0.3 is 30.5 Å². The minimum absolute atomic E-state index is 0.0647. The lowest BCUT2D eigenvalue weighted by atomic mass is 9.99. The third-order valence-corrected chi connectivity index (χ3v) is 6.11. The number of unbranched alkanes of at least 4 members (excludes halogenated alkanes) is 1. The first-order valence-electron chi connectivity index (χ1n) is 12.0. The summed E-state index contributed by atoms with van der Waals surface area (Å²) in [6, 6.07) is 2.67. The summed E-state index contributed by atoms with van der Waals surface area (Å²) in [5.41, 5.74) is -0.359. The van der Waals surface area contributed by atoms with Crippen LogP contribution in [0.4, 0.5) is 14.6 Å². The molecule has 0 aromatic carbocycles. The molecule has 0 bridgehead atoms. The highest BCUT2D eigenvalue weighted by Crippen LogP contribution is 2.28. The zero-order chi connectivity index (χ0) is 26.1. The Kier molecular flexibility index (Phi) is 10.8. The molecular weight excluding hydrogens is 462 g/mol. The number of aryl methyl sites for hydroxylation is 2. The fraction of sp³-hybridized carbons (Fsp3) is 0.708. The van der Waals surface area contributed by atoms with Crippen molar-refractivity contribution < 1.29 is 33.3 Å². The molecule has 1 aliphatic heterocycles. The summed E-state index contributed by atoms with van der Waals surface area (Å²) >= 11 is 0. The largest absolute Gasteiger partial charge is 0.480 e. The van der Waals surface area contributed by atoms with Gasteiger partial charge in [0, 0.05) is 32.4 Å². The third-order valence-electron chi connectivity index (χ3n) is 6.11. The Morgan fingerprint density at radius 1 is 1.26 bits per heavy atom. The van der Waals surface area contributed by atoms with Crippen molar-refractivity contribution in [2.24, 2.45) is 0 Å². The van der Waals surface area contributed by atoms with Gasteiger partial charge in [0.15, 0.2) is 0 Å². The molecule has 0 radical (unpaired) electrons. The number of fused-ring (bicyclic) bond motifs is 1. The summed E-state index contributed by atoms with van der Waals surface area (Å²) in [5.74, 6) is -6.39. The molecule has 1 aliphatic rings. The summed E-state index contributed by atoms with van der Waals surface area (Å²) in [6.45, 7) is 4.43. The van der Waals surface area contributed by atoms with Gasteiger partial charge in [-0.05, 0) is 70.5 Å². The maximum atomic E-state index is 14.1. The molecule has 35 heavy (non-hydrogen) atoms. The van der Waals surface area contributed by atoms with Crippen molar-refractivity contribution in [1.29, 1.82) is 0 Å². The standard InChI is InChI=1S/C24H38F2N4O5/c1-23(2,34)24(25,26)22(33)29-19(21(31)32)11-14-30(15-16-35-3)13-5-4-8-18-10-9-17-7-6-12-27-20(17)28-18/h9-10,19,34H,4-8,11-16H2,1-3H3,(H,27,28)(H,29,33)(H,31,32). The molecule has 0 saturated carbocycles. The normalized spacial score (nSPS) is 14.8. The molecule has 0 fully saturated rings. The molecule has 2 rings (SSSR count). The van der Waals surface area contributed by atoms with Gasteiger partial charge in [-0.2, -0.15) is 8.78 Å². The van der Waals surface area contributed by atoms with E-state index in [9.17, 15) is 28.6 Å². The van der Waals surface area contributed by atoms with Crippen LogP contribution in [0.1, 0.15) is 50.8 Å². The number of amides is 1. The maximum Gasteiger partial charge on any atom is 0.351 e. The van der Waals surface area contributed by atoms with E-state index in [0.717, 1.165) is 64.0 Å². The van der Waals surface area contributed by atoms with Crippen LogP contribution in [-0.2, 0) is 27.2 Å². The molecule has 0 spiro atoms. The number of anilines is 1. The van der Waals surface area contributed by atoms with Gasteiger partial charge in [-0.1, -0.05) is 6.07 Å². The lowest BCUT2D eigenvalue weighted by Gasteiger charge is -2.29. The van der Waals surface area contributed by atoms with Crippen LogP contribution in [0.5, 0.6) is 0 Å². The van der Waals surface area contributed by atoms with Crippen molar-refractivity contribution in [3.63, 3.8) is 0 Å². The monoisotopic (exact) mass is 500 g/mol. The third kappa shape index (κ3) is 8.66. The van der Waals surface area contributed by atoms with Crippen molar-refractivity contribution in [2.75, 3.05) is 45.2 Å². The molecular formula is C24H38F2N4O5. The molecule has 9 nitrogen and oxygen atoms in total. The van der Waals surface area contributed by atoms with E-state index >= 15 is 0 Å². The zero-order valence-electron chi connectivity index (χ0n) is 20.8. The Balaban J connectivity index is 1.86. The van der Waals surface area contributed by atoms with Crippen LogP contribution in [0.15, 0.2) is 12.1 Å². The minimum Gasteiger partial charge on any atom is -0.480 e. The first-order valence-corrected chi connectivity index (χ1v) is 12.0. The first kappa shape index (κ1) is 28.9. The van der Waals surface area contributed by atoms with Crippen LogP contribution < -0.4 is 10.6 Å². The van der Waals surface area contributed by atoms with Gasteiger partial charge in [-0.3, -0.25) is 4.79 Å². The number of rotatable bonds is 15. The SMILES string of the molecule is COCCN(CCCCc1ccc2c(n1)NCCC2)CCC(NC(=O)C(F)(F)C(C)(C)O)C(=O)O. The molecule has 198 valence electrons. The number of carbonyl (C=O) groups excluding carboxylic acids is 1. The van der Waals surface area contributed by atoms with Crippen molar-refractivity contribution in [3.05, 3.63) is 23.4 Å². The van der Waals surface area contributed by atoms with E-state index in [1.54, 1.807) is 7.11 Å². The number of aromatic nitrogens is 1. The van der Waals surface area contributed by atoms with Crippen LogP contribution in [0.2, 0.25) is 0 Å². The number of alkyl halides is 2. The summed E-state index contributed by atoms with van der Waals surface area (Å²) in [7, 11) is 1.56. The second kappa shape index (κ2) is 13.1. The van der Waals surface area contributed by atoms with Gasteiger partial charge in [0.05, 0.1) is 6.61 Å². The maximum absolute atomic E-state index is 14.1. The number of methoxy groups -OCH3 is 1. The summed E-state index contributed by atoms with van der Waals surface area (Å²) in [6.07, 6.45) is 4.61. The van der Waals surface area contributed by atoms with E-state index in [4.69, 9.17) is 9.72 Å². The Hall–Kier alpha value is -2.37. The zero-order valence-corrected chi connectivity index (χ0v) is 20.8. The fourth-order valence-corrected chi connectivity index (χ4v) is 3.80. The Morgan fingerprint density at radius 2 is 2.00 bits per heavy atom. The fourth-order valence-electron chi connectivity index (χ4n) is 3.80. The van der Waals surface area contributed by atoms with Crippen molar-refractivity contribution >= 4 is 17.7 Å². The number of carbonyl (C=O) groups is 2. The van der Waals surface area contributed by atoms with Gasteiger partial charge in [0.25, 0.3) is 5.91 Å². The van der Waals surface area contributed by atoms with Crippen molar-refractivity contribution in [3.8, 4) is 0 Å². The summed E-state index contributed by atoms with van der Waals surface area (Å²) < 4.78 is 33.3. The molecule has 1 unspecified atom stereocenters. The Morgan fingerprint density at radius 3 is 2.66 bits per heavy atom. The lowest BCUT2D eigenvalue weighted by Crippen LogP contribution is -2.57. The van der Waals surface area contributed by atoms with Crippen LogP contribution in [-0.4, -0.2) is 89.4 Å². The molecule has 11 heteroatoms. The van der Waals surface area contributed by atoms with Crippen LogP contribution in [0, 0.1) is 0 Å². The molecule has 1 aromatic rings. The number of hydrogen-bond acceptors (Lipinski definition) is 7. The highest BCUT2D eigenvalue weighted by atomic mass is 19.3. The highest BCUT2D eigenvalue weighted by Gasteiger charge is 2.53. The van der Waals surface area contributed by atoms with Gasteiger partial charge in [-0.25, -0.2) is 9.78 Å². The summed E-state index contributed by atoms with van der Waals surface area (Å²) in [5, 5.41) is 24.2. The number of nitrogens with zero attached hydrogens (tertiary/aromatic N) is 2. The Labute approximate surface area is 205 Å². The van der Waals surface area contributed by atoms with Crippen molar-refractivity contribution in [2.45, 2.75) is 69.9 Å². The van der Waals surface area contributed by atoms with Crippen molar-refractivity contribution in [1.82, 2.24) is 15.2 Å². The topological polar surface area (TPSA) is 124 Å². The number of ether oxygens (including phenoxy) is 1. The minimum atomic E-state index is -4.13. The van der Waals surface area contributed by atoms with E-state index < -0.39 is 29.4 Å². The number of pyridine rings is 1. The number of aliphatic hydroxyl groups is 1. The average Bonchev–Trinajstić information content (AvgIpc) is 2.80. The highest BCUT2D eigenvalue weighted by molar-refractivity contribution is 5.89. The van der Waals surface area contributed by atoms with E-state index in [-0.39, 0.29) is 13.0 Å². The second-order valence-electron chi connectivity index (χ2n) is 9.42. The van der Waals surface area contributed by atoms with Gasteiger partial charge in [0.1, 0.15) is 17.5 Å². The predicted molar refractivity (Wildman–Crippen MR) is 128 cm³/mol. The van der Waals surface area contributed by atoms with Gasteiger partial charge in [0.2, 0.25) is 0 Å². The number of carboxylic acids is 1. The Bertz CT molecular complexity index is 848. The second-order valence-corrected chi connectivity index (χ2v) is 9.42.